The van der Waals surface area contributed by atoms with E-state index in [4.69, 9.17) is 9.47 Å². The van der Waals surface area contributed by atoms with Gasteiger partial charge in [0, 0.05) is 5.57 Å². The molecule has 2 aromatic rings. The highest BCUT2D eigenvalue weighted by Gasteiger charge is 2.09. The number of hydrogen-bond acceptors (Lipinski definition) is 3. The summed E-state index contributed by atoms with van der Waals surface area (Å²) in [5, 5.41) is 0. The molecule has 0 aliphatic heterocycles. The van der Waals surface area contributed by atoms with E-state index >= 15 is 0 Å². The fraction of sp³-hybridized carbons (Fsp3) is 0.0500. The van der Waals surface area contributed by atoms with E-state index in [1.807, 2.05) is 0 Å². The number of ether oxygens (including phenoxy) is 2. The Morgan fingerprint density at radius 3 is 2.21 bits per heavy atom. The van der Waals surface area contributed by atoms with Crippen molar-refractivity contribution >= 4 is 5.97 Å². The fourth-order valence-electron chi connectivity index (χ4n) is 1.86. The second-order valence-electron chi connectivity index (χ2n) is 5.11. The molecule has 0 aliphatic rings. The molecule has 0 heterocycles. The largest absolute Gasteiger partial charge is 0.455 e. The van der Waals surface area contributed by atoms with Gasteiger partial charge in [-0.15, -0.1) is 0 Å². The summed E-state index contributed by atoms with van der Waals surface area (Å²) in [7, 11) is 0. The van der Waals surface area contributed by atoms with Crippen LogP contribution in [0.25, 0.3) is 11.1 Å². The van der Waals surface area contributed by atoms with Crippen LogP contribution in [0, 0.1) is 5.82 Å². The van der Waals surface area contributed by atoms with Crippen LogP contribution in [0.5, 0.6) is 11.5 Å². The average molecular weight is 324 g/mol. The molecule has 3 nitrogen and oxygen atoms in total. The zero-order valence-electron chi connectivity index (χ0n) is 13.3. The van der Waals surface area contributed by atoms with Crippen LogP contribution >= 0.6 is 0 Å². The standard InChI is InChI=1S/C20H17FO3/c1-5-14(4)23-19-11-8-16(12-18(19)21)15-6-9-17(10-7-15)24-20(22)13(2)3/h5-12H,1-2,4H2,3H3. The number of carbonyl (C=O) groups excluding carboxylic acids is 1. The maximum Gasteiger partial charge on any atom is 0.338 e. The van der Waals surface area contributed by atoms with Gasteiger partial charge in [0.2, 0.25) is 0 Å². The number of allylic oxidation sites excluding steroid dienone is 1. The number of carbonyl (C=O) groups is 1. The first-order chi connectivity index (χ1) is 11.4. The predicted octanol–water partition coefficient (Wildman–Crippen LogP) is 5.05. The van der Waals surface area contributed by atoms with Crippen LogP contribution in [0.1, 0.15) is 6.92 Å². The van der Waals surface area contributed by atoms with Gasteiger partial charge in [-0.3, -0.25) is 0 Å². The van der Waals surface area contributed by atoms with Crippen molar-refractivity contribution in [3.63, 3.8) is 0 Å². The monoisotopic (exact) mass is 324 g/mol. The summed E-state index contributed by atoms with van der Waals surface area (Å²) >= 11 is 0. The molecule has 4 heteroatoms. The second kappa shape index (κ2) is 7.42. The van der Waals surface area contributed by atoms with Gasteiger partial charge in [0.25, 0.3) is 0 Å². The maximum absolute atomic E-state index is 14.1. The summed E-state index contributed by atoms with van der Waals surface area (Å²) in [6.07, 6.45) is 1.40. The van der Waals surface area contributed by atoms with Crippen molar-refractivity contribution in [2.75, 3.05) is 0 Å². The molecule has 0 fully saturated rings. The molecule has 0 unspecified atom stereocenters. The first kappa shape index (κ1) is 17.2. The van der Waals surface area contributed by atoms with Gasteiger partial charge in [-0.05, 0) is 48.4 Å². The Morgan fingerprint density at radius 2 is 1.67 bits per heavy atom. The molecule has 2 aromatic carbocycles. The SMILES string of the molecule is C=CC(=C)Oc1ccc(-c2ccc(OC(=O)C(=C)C)cc2)cc1F. The lowest BCUT2D eigenvalue weighted by Gasteiger charge is -2.09. The number of esters is 1. The summed E-state index contributed by atoms with van der Waals surface area (Å²) in [6, 6.07) is 11.4. The molecule has 0 atom stereocenters. The lowest BCUT2D eigenvalue weighted by Crippen LogP contribution is -2.07. The number of rotatable bonds is 6. The molecule has 0 aromatic heterocycles. The predicted molar refractivity (Wildman–Crippen MR) is 92.3 cm³/mol. The molecule has 0 saturated carbocycles. The Hall–Kier alpha value is -3.14. The van der Waals surface area contributed by atoms with Crippen molar-refractivity contribution in [2.24, 2.45) is 0 Å². The lowest BCUT2D eigenvalue weighted by molar-refractivity contribution is -0.130. The molecule has 2 rings (SSSR count). The third-order valence-corrected chi connectivity index (χ3v) is 3.15. The summed E-state index contributed by atoms with van der Waals surface area (Å²) in [4.78, 5) is 11.5. The summed E-state index contributed by atoms with van der Waals surface area (Å²) in [5.74, 6) is -0.249. The van der Waals surface area contributed by atoms with Crippen molar-refractivity contribution in [2.45, 2.75) is 6.92 Å². The van der Waals surface area contributed by atoms with E-state index in [-0.39, 0.29) is 11.5 Å². The molecule has 0 N–H and O–H groups in total. The fourth-order valence-corrected chi connectivity index (χ4v) is 1.86. The van der Waals surface area contributed by atoms with Crippen LogP contribution in [0.3, 0.4) is 0 Å². The van der Waals surface area contributed by atoms with Gasteiger partial charge in [0.1, 0.15) is 11.5 Å². The molecule has 0 amide bonds. The Bertz CT molecular complexity index is 804. The highest BCUT2D eigenvalue weighted by molar-refractivity contribution is 5.88. The van der Waals surface area contributed by atoms with Crippen LogP contribution in [-0.2, 0) is 4.79 Å². The third kappa shape index (κ3) is 4.20. The van der Waals surface area contributed by atoms with Gasteiger partial charge in [-0.25, -0.2) is 9.18 Å². The summed E-state index contributed by atoms with van der Waals surface area (Å²) in [6.45, 7) is 12.2. The third-order valence-electron chi connectivity index (χ3n) is 3.15. The number of benzene rings is 2. The topological polar surface area (TPSA) is 35.5 Å². The van der Waals surface area contributed by atoms with Crippen LogP contribution in [0.4, 0.5) is 4.39 Å². The van der Waals surface area contributed by atoms with Crippen molar-refractivity contribution < 1.29 is 18.7 Å². The molecule has 0 aliphatic carbocycles. The van der Waals surface area contributed by atoms with E-state index < -0.39 is 11.8 Å². The molecule has 0 saturated heterocycles. The van der Waals surface area contributed by atoms with Crippen LogP contribution in [0.15, 0.2) is 79.6 Å². The van der Waals surface area contributed by atoms with Crippen LogP contribution < -0.4 is 9.47 Å². The van der Waals surface area contributed by atoms with Crippen molar-refractivity contribution in [1.82, 2.24) is 0 Å². The van der Waals surface area contributed by atoms with Gasteiger partial charge in [0.15, 0.2) is 11.6 Å². The summed E-state index contributed by atoms with van der Waals surface area (Å²) in [5.41, 5.74) is 1.76. The first-order valence-corrected chi connectivity index (χ1v) is 7.17. The highest BCUT2D eigenvalue weighted by Crippen LogP contribution is 2.28. The Morgan fingerprint density at radius 1 is 1.04 bits per heavy atom. The van der Waals surface area contributed by atoms with Gasteiger partial charge in [-0.1, -0.05) is 37.9 Å². The zero-order chi connectivity index (χ0) is 17.7. The summed E-state index contributed by atoms with van der Waals surface area (Å²) < 4.78 is 24.4. The van der Waals surface area contributed by atoms with E-state index in [1.165, 1.54) is 18.2 Å². The van der Waals surface area contributed by atoms with E-state index in [0.717, 1.165) is 5.56 Å². The molecule has 0 spiro atoms. The number of hydrogen-bond donors (Lipinski definition) is 0. The van der Waals surface area contributed by atoms with E-state index in [2.05, 4.69) is 19.7 Å². The van der Waals surface area contributed by atoms with E-state index in [9.17, 15) is 9.18 Å². The Kier molecular flexibility index (Phi) is 5.32. The molecule has 24 heavy (non-hydrogen) atoms. The molecule has 0 bridgehead atoms. The average Bonchev–Trinajstić information content (AvgIpc) is 2.57. The molecular formula is C20H17FO3. The highest BCUT2D eigenvalue weighted by atomic mass is 19.1. The normalized spacial score (nSPS) is 9.92. The minimum Gasteiger partial charge on any atom is -0.455 e. The van der Waals surface area contributed by atoms with Crippen LogP contribution in [0.2, 0.25) is 0 Å². The minimum absolute atomic E-state index is 0.0793. The van der Waals surface area contributed by atoms with Gasteiger partial charge in [-0.2, -0.15) is 0 Å². The zero-order valence-corrected chi connectivity index (χ0v) is 13.3. The Labute approximate surface area is 140 Å². The van der Waals surface area contributed by atoms with E-state index in [0.29, 0.717) is 16.9 Å². The molecule has 122 valence electrons. The van der Waals surface area contributed by atoms with Gasteiger partial charge < -0.3 is 9.47 Å². The van der Waals surface area contributed by atoms with Crippen molar-refractivity contribution in [3.8, 4) is 22.6 Å². The van der Waals surface area contributed by atoms with Gasteiger partial charge in [0.05, 0.1) is 0 Å². The quantitative estimate of drug-likeness (QED) is 0.245. The lowest BCUT2D eigenvalue weighted by atomic mass is 10.1. The maximum atomic E-state index is 14.1. The Balaban J connectivity index is 2.18. The van der Waals surface area contributed by atoms with Crippen LogP contribution in [-0.4, -0.2) is 5.97 Å². The van der Waals surface area contributed by atoms with Crippen molar-refractivity contribution in [3.05, 3.63) is 85.4 Å². The van der Waals surface area contributed by atoms with Crippen molar-refractivity contribution in [1.29, 1.82) is 0 Å². The van der Waals surface area contributed by atoms with Gasteiger partial charge >= 0.3 is 5.97 Å². The number of halogens is 1. The molecule has 0 radical (unpaired) electrons. The van der Waals surface area contributed by atoms with E-state index in [1.54, 1.807) is 37.3 Å². The minimum atomic E-state index is -0.506. The second-order valence-corrected chi connectivity index (χ2v) is 5.11. The molecular weight excluding hydrogens is 307 g/mol. The smallest absolute Gasteiger partial charge is 0.338 e. The first-order valence-electron chi connectivity index (χ1n) is 7.17.